The largest absolute Gasteiger partial charge is 0.493 e. The van der Waals surface area contributed by atoms with E-state index in [1.165, 1.54) is 31.2 Å². The number of hydrogen-bond donors (Lipinski definition) is 1. The number of aliphatic hydroxyl groups excluding tert-OH is 1. The highest BCUT2D eigenvalue weighted by atomic mass is 16.5. The van der Waals surface area contributed by atoms with Crippen molar-refractivity contribution < 1.29 is 9.84 Å². The summed E-state index contributed by atoms with van der Waals surface area (Å²) >= 11 is 0. The van der Waals surface area contributed by atoms with Gasteiger partial charge in [0, 0.05) is 0 Å². The minimum Gasteiger partial charge on any atom is -0.493 e. The van der Waals surface area contributed by atoms with Crippen LogP contribution in [0.5, 0.6) is 5.75 Å². The highest BCUT2D eigenvalue weighted by Gasteiger charge is 2.19. The molecule has 1 aromatic rings. The molecule has 18 heavy (non-hydrogen) atoms. The molecule has 0 spiro atoms. The lowest BCUT2D eigenvalue weighted by molar-refractivity contribution is 0.155. The number of ether oxygens (including phenoxy) is 1. The molecular weight excluding hydrogens is 224 g/mol. The standard InChI is InChI=1S/C16H22O2/c17-16-7-3-6-13-8-9-14(10-15(13)16)18-11-12-4-1-2-5-12/h8-10,12,16-17H,1-7,11H2. The van der Waals surface area contributed by atoms with E-state index < -0.39 is 0 Å². The number of benzene rings is 1. The Labute approximate surface area is 109 Å². The first-order valence-corrected chi connectivity index (χ1v) is 7.26. The van der Waals surface area contributed by atoms with Gasteiger partial charge in [-0.25, -0.2) is 0 Å². The van der Waals surface area contributed by atoms with E-state index in [9.17, 15) is 5.11 Å². The zero-order valence-electron chi connectivity index (χ0n) is 10.9. The van der Waals surface area contributed by atoms with E-state index in [1.807, 2.05) is 6.07 Å². The molecule has 0 heterocycles. The van der Waals surface area contributed by atoms with Crippen molar-refractivity contribution in [3.63, 3.8) is 0 Å². The second-order valence-electron chi connectivity index (χ2n) is 5.73. The molecule has 0 radical (unpaired) electrons. The van der Waals surface area contributed by atoms with E-state index in [0.29, 0.717) is 0 Å². The van der Waals surface area contributed by atoms with Gasteiger partial charge in [0.25, 0.3) is 0 Å². The SMILES string of the molecule is OC1CCCc2ccc(OCC3CCCC3)cc21. The Balaban J connectivity index is 1.67. The van der Waals surface area contributed by atoms with Crippen LogP contribution in [0, 0.1) is 5.92 Å². The molecule has 0 aromatic heterocycles. The zero-order valence-corrected chi connectivity index (χ0v) is 10.9. The molecule has 3 rings (SSSR count). The molecule has 2 nitrogen and oxygen atoms in total. The topological polar surface area (TPSA) is 29.5 Å². The van der Waals surface area contributed by atoms with Crippen molar-refractivity contribution in [2.75, 3.05) is 6.61 Å². The van der Waals surface area contributed by atoms with Gasteiger partial charge in [-0.1, -0.05) is 18.9 Å². The van der Waals surface area contributed by atoms with Crippen LogP contribution in [-0.4, -0.2) is 11.7 Å². The third-order valence-corrected chi connectivity index (χ3v) is 4.36. The average Bonchev–Trinajstić information content (AvgIpc) is 2.90. The zero-order chi connectivity index (χ0) is 12.4. The van der Waals surface area contributed by atoms with Crippen molar-refractivity contribution in [1.82, 2.24) is 0 Å². The Morgan fingerprint density at radius 2 is 1.94 bits per heavy atom. The Morgan fingerprint density at radius 3 is 2.78 bits per heavy atom. The van der Waals surface area contributed by atoms with Gasteiger partial charge >= 0.3 is 0 Å². The summed E-state index contributed by atoms with van der Waals surface area (Å²) in [5.41, 5.74) is 2.38. The van der Waals surface area contributed by atoms with E-state index in [0.717, 1.165) is 43.1 Å². The predicted molar refractivity (Wildman–Crippen MR) is 71.8 cm³/mol. The second-order valence-corrected chi connectivity index (χ2v) is 5.73. The molecule has 2 aliphatic carbocycles. The maximum absolute atomic E-state index is 10.0. The quantitative estimate of drug-likeness (QED) is 0.882. The summed E-state index contributed by atoms with van der Waals surface area (Å²) in [6.07, 6.45) is 8.13. The summed E-state index contributed by atoms with van der Waals surface area (Å²) in [6.45, 7) is 0.842. The van der Waals surface area contributed by atoms with E-state index in [1.54, 1.807) is 0 Å². The summed E-state index contributed by atoms with van der Waals surface area (Å²) in [7, 11) is 0. The van der Waals surface area contributed by atoms with Crippen LogP contribution in [0.25, 0.3) is 0 Å². The number of aryl methyl sites for hydroxylation is 1. The molecule has 0 aliphatic heterocycles. The third-order valence-electron chi connectivity index (χ3n) is 4.36. The Hall–Kier alpha value is -1.02. The van der Waals surface area contributed by atoms with Gasteiger partial charge in [0.1, 0.15) is 5.75 Å². The van der Waals surface area contributed by atoms with Crippen molar-refractivity contribution in [3.8, 4) is 5.75 Å². The van der Waals surface area contributed by atoms with Gasteiger partial charge < -0.3 is 9.84 Å². The van der Waals surface area contributed by atoms with Crippen LogP contribution < -0.4 is 4.74 Å². The summed E-state index contributed by atoms with van der Waals surface area (Å²) in [4.78, 5) is 0. The van der Waals surface area contributed by atoms with Gasteiger partial charge in [0.2, 0.25) is 0 Å². The predicted octanol–water partition coefficient (Wildman–Crippen LogP) is 3.63. The molecule has 1 saturated carbocycles. The minimum absolute atomic E-state index is 0.288. The molecule has 1 fully saturated rings. The number of aliphatic hydroxyl groups is 1. The maximum atomic E-state index is 10.0. The first kappa shape index (κ1) is 12.0. The van der Waals surface area contributed by atoms with Gasteiger partial charge in [-0.15, -0.1) is 0 Å². The van der Waals surface area contributed by atoms with Crippen LogP contribution in [0.3, 0.4) is 0 Å². The van der Waals surface area contributed by atoms with E-state index >= 15 is 0 Å². The van der Waals surface area contributed by atoms with Crippen molar-refractivity contribution in [1.29, 1.82) is 0 Å². The monoisotopic (exact) mass is 246 g/mol. The third kappa shape index (κ3) is 2.54. The van der Waals surface area contributed by atoms with Gasteiger partial charge in [-0.2, -0.15) is 0 Å². The normalized spacial score (nSPS) is 23.9. The fourth-order valence-corrected chi connectivity index (χ4v) is 3.23. The molecule has 1 N–H and O–H groups in total. The van der Waals surface area contributed by atoms with Gasteiger partial charge in [0.05, 0.1) is 12.7 Å². The van der Waals surface area contributed by atoms with Crippen LogP contribution >= 0.6 is 0 Å². The fraction of sp³-hybridized carbons (Fsp3) is 0.625. The first-order chi connectivity index (χ1) is 8.83. The Bertz CT molecular complexity index is 408. The molecule has 1 atom stereocenters. The van der Waals surface area contributed by atoms with Crippen molar-refractivity contribution in [3.05, 3.63) is 29.3 Å². The number of hydrogen-bond acceptors (Lipinski definition) is 2. The Kier molecular flexibility index (Phi) is 3.55. The van der Waals surface area contributed by atoms with Crippen molar-refractivity contribution in [2.24, 2.45) is 5.92 Å². The van der Waals surface area contributed by atoms with Crippen LogP contribution in [-0.2, 0) is 6.42 Å². The van der Waals surface area contributed by atoms with E-state index in [2.05, 4.69) is 12.1 Å². The van der Waals surface area contributed by atoms with Crippen molar-refractivity contribution in [2.45, 2.75) is 51.0 Å². The second kappa shape index (κ2) is 5.31. The molecule has 1 unspecified atom stereocenters. The number of rotatable bonds is 3. The lowest BCUT2D eigenvalue weighted by Gasteiger charge is -2.22. The van der Waals surface area contributed by atoms with E-state index in [4.69, 9.17) is 4.74 Å². The van der Waals surface area contributed by atoms with Gasteiger partial charge in [-0.05, 0) is 61.3 Å². The smallest absolute Gasteiger partial charge is 0.119 e. The Morgan fingerprint density at radius 1 is 1.11 bits per heavy atom. The molecule has 98 valence electrons. The lowest BCUT2D eigenvalue weighted by atomic mass is 9.89. The molecular formula is C16H22O2. The van der Waals surface area contributed by atoms with Gasteiger partial charge in [-0.3, -0.25) is 0 Å². The summed E-state index contributed by atoms with van der Waals surface area (Å²) in [5, 5.41) is 10.0. The summed E-state index contributed by atoms with van der Waals surface area (Å²) in [5.74, 6) is 1.67. The first-order valence-electron chi connectivity index (χ1n) is 7.26. The maximum Gasteiger partial charge on any atom is 0.119 e. The van der Waals surface area contributed by atoms with E-state index in [-0.39, 0.29) is 6.10 Å². The van der Waals surface area contributed by atoms with Crippen LogP contribution in [0.15, 0.2) is 18.2 Å². The molecule has 2 aliphatic rings. The van der Waals surface area contributed by atoms with Crippen LogP contribution in [0.1, 0.15) is 55.8 Å². The minimum atomic E-state index is -0.288. The molecule has 0 saturated heterocycles. The highest BCUT2D eigenvalue weighted by Crippen LogP contribution is 2.33. The average molecular weight is 246 g/mol. The van der Waals surface area contributed by atoms with Crippen molar-refractivity contribution >= 4 is 0 Å². The highest BCUT2D eigenvalue weighted by molar-refractivity contribution is 5.38. The molecule has 2 heteroatoms. The van der Waals surface area contributed by atoms with Gasteiger partial charge in [0.15, 0.2) is 0 Å². The fourth-order valence-electron chi connectivity index (χ4n) is 3.23. The lowest BCUT2D eigenvalue weighted by Crippen LogP contribution is -2.11. The molecule has 1 aromatic carbocycles. The van der Waals surface area contributed by atoms with Crippen LogP contribution in [0.2, 0.25) is 0 Å². The van der Waals surface area contributed by atoms with Crippen LogP contribution in [0.4, 0.5) is 0 Å². The summed E-state index contributed by atoms with van der Waals surface area (Å²) < 4.78 is 5.89. The molecule has 0 amide bonds. The summed E-state index contributed by atoms with van der Waals surface area (Å²) in [6, 6.07) is 6.24. The number of fused-ring (bicyclic) bond motifs is 1. The molecule has 0 bridgehead atoms.